The van der Waals surface area contributed by atoms with E-state index < -0.39 is 186 Å². The van der Waals surface area contributed by atoms with Gasteiger partial charge in [-0.05, 0) is 86.4 Å². The summed E-state index contributed by atoms with van der Waals surface area (Å²) < 4.78 is 52.5. The molecule has 9 N–H and O–H groups in total. The minimum Gasteiger partial charge on any atom is -0.455 e. The van der Waals surface area contributed by atoms with Crippen molar-refractivity contribution in [2.45, 2.75) is 153 Å². The number of methoxy groups -OCH3 is 1. The maximum Gasteiger partial charge on any atom is 0.509 e. The number of rotatable bonds is 27. The van der Waals surface area contributed by atoms with Gasteiger partial charge in [0.05, 0.1) is 49.2 Å². The lowest BCUT2D eigenvalue weighted by molar-refractivity contribution is -0.346. The highest BCUT2D eigenvalue weighted by molar-refractivity contribution is 6.01. The van der Waals surface area contributed by atoms with Gasteiger partial charge in [-0.25, -0.2) is 14.4 Å². The molecular weight excluding hydrogens is 1290 g/mol. The van der Waals surface area contributed by atoms with Crippen LogP contribution < -0.4 is 32.3 Å². The zero-order valence-electron chi connectivity index (χ0n) is 56.0. The van der Waals surface area contributed by atoms with Gasteiger partial charge in [0.15, 0.2) is 17.5 Å². The van der Waals surface area contributed by atoms with Crippen molar-refractivity contribution in [1.29, 1.82) is 0 Å². The van der Waals surface area contributed by atoms with Gasteiger partial charge in [0.2, 0.25) is 35.6 Å². The number of anilines is 1. The van der Waals surface area contributed by atoms with Gasteiger partial charge in [-0.15, -0.1) is 0 Å². The number of aliphatic hydroxyl groups excluding tert-OH is 1. The van der Waals surface area contributed by atoms with Crippen LogP contribution in [0, 0.1) is 16.7 Å². The summed E-state index contributed by atoms with van der Waals surface area (Å²) in [5.41, 5.74) is -2.47. The van der Waals surface area contributed by atoms with Crippen LogP contribution in [-0.4, -0.2) is 181 Å². The average Bonchev–Trinajstić information content (AvgIpc) is 0.670. The van der Waals surface area contributed by atoms with Crippen LogP contribution in [0.5, 0.6) is 0 Å². The van der Waals surface area contributed by atoms with Crippen molar-refractivity contribution >= 4 is 76.9 Å². The molecule has 4 aromatic carbocycles. The molecule has 3 fully saturated rings. The number of fused-ring (bicyclic) bond motifs is 5. The number of Topliss-reactive ketones (excluding diaryl/α,β-unsaturated/α-hetero) is 1. The molecule has 0 radical (unpaired) electrons. The van der Waals surface area contributed by atoms with Crippen LogP contribution in [-0.2, 0) is 92.4 Å². The molecule has 14 atom stereocenters. The van der Waals surface area contributed by atoms with E-state index in [-0.39, 0.29) is 65.3 Å². The molecule has 0 aromatic heterocycles. The van der Waals surface area contributed by atoms with E-state index in [4.69, 9.17) is 48.4 Å². The molecule has 29 heteroatoms. The zero-order valence-corrected chi connectivity index (χ0v) is 56.0. The van der Waals surface area contributed by atoms with E-state index in [2.05, 4.69) is 26.6 Å². The van der Waals surface area contributed by atoms with Crippen LogP contribution in [0.1, 0.15) is 113 Å². The third-order valence-electron chi connectivity index (χ3n) is 18.5. The van der Waals surface area contributed by atoms with Crippen molar-refractivity contribution in [2.75, 3.05) is 38.9 Å². The number of hydrogen-bond acceptors (Lipinski definition) is 23. The summed E-state index contributed by atoms with van der Waals surface area (Å²) in [7, 11) is 1.46. The molecule has 2 bridgehead atoms. The Morgan fingerprint density at radius 3 is 1.92 bits per heavy atom. The number of benzene rings is 4. The van der Waals surface area contributed by atoms with Crippen LogP contribution >= 0.6 is 0 Å². The Morgan fingerprint density at radius 2 is 1.33 bits per heavy atom. The summed E-state index contributed by atoms with van der Waals surface area (Å²) in [6, 6.07) is 23.4. The number of carbonyl (C=O) groups excluding carboxylic acids is 12. The van der Waals surface area contributed by atoms with E-state index in [1.54, 1.807) is 54.6 Å². The summed E-state index contributed by atoms with van der Waals surface area (Å²) in [5.74, 6) is -11.7. The van der Waals surface area contributed by atoms with E-state index >= 15 is 9.59 Å². The number of amides is 6. The summed E-state index contributed by atoms with van der Waals surface area (Å²) >= 11 is 0. The number of carbonyl (C=O) groups is 12. The SMILES string of the molecule is COCCOCC(=O)N[C@H](C)C(=O)N[C@H](C)C(=O)N[C@H](CC(N)=O)C(=O)Nc1ccc(COC(=O)O[C@@H](C(=O)O[C@H]2C[C@@]3(O)[C@@H](OC(=O)c4ccccc4)[C@H]4[C@](C)(C(=O)[C@H](OC(C)=O)C(=C2C)C3(C)C)[C@@H](O)CC2OC[C@]24OC(C)=O)[C@@H](NC(=O)c2ccccc2)c2ccccc2)cc1. The molecule has 8 rings (SSSR count). The predicted molar refractivity (Wildman–Crippen MR) is 345 cm³/mol. The van der Waals surface area contributed by atoms with Crippen LogP contribution in [0.3, 0.4) is 0 Å². The molecule has 3 aliphatic carbocycles. The second-order valence-electron chi connectivity index (χ2n) is 25.5. The maximum absolute atomic E-state index is 15.9. The van der Waals surface area contributed by atoms with E-state index in [0.29, 0.717) is 0 Å². The van der Waals surface area contributed by atoms with Crippen molar-refractivity contribution in [3.63, 3.8) is 0 Å². The lowest BCUT2D eigenvalue weighted by atomic mass is 9.44. The van der Waals surface area contributed by atoms with E-state index in [1.807, 2.05) is 0 Å². The Kier molecular flexibility index (Phi) is 24.0. The van der Waals surface area contributed by atoms with Gasteiger partial charge in [0, 0.05) is 50.5 Å². The van der Waals surface area contributed by atoms with Crippen molar-refractivity contribution in [1.82, 2.24) is 21.3 Å². The first kappa shape index (κ1) is 74.8. The fourth-order valence-corrected chi connectivity index (χ4v) is 13.2. The van der Waals surface area contributed by atoms with Gasteiger partial charge in [-0.2, -0.15) is 0 Å². The number of nitrogens with two attached hydrogens (primary N) is 1. The molecule has 530 valence electrons. The van der Waals surface area contributed by atoms with Crippen molar-refractivity contribution in [3.05, 3.63) is 149 Å². The number of ketones is 1. The topological polar surface area (TPSA) is 415 Å². The standard InChI is InChI=1S/C70H82N6O23/c1-37-48(33-70(90)59(98-64(87)45-23-17-12-18-24-45)57-68(8,49(79)32-50-69(57,36-94-50)99-41(5)78)58(82)55(95-40(4)77)53(37)67(70,6)7)96-65(88)56(54(43-19-13-10-14-20-43)76-62(85)44-21-15-11-16-22-44)97-66(89)93-34-42-25-27-46(28-26-42)74-63(86)47(31-51(71)80)75-61(84)39(3)73-60(83)38(2)72-52(81)35-92-30-29-91-9/h10-28,38-39,47-50,54-57,59,79,90H,29-36H2,1-9H3,(H2,71,80)(H,72,81)(H,73,83)(H,74,86)(H,75,84)(H,76,85)/t38-,39-,47-,48+,49+,50?,54+,55-,56-,57+,59+,68-,69+,70-/m1/s1. The van der Waals surface area contributed by atoms with Gasteiger partial charge in [0.25, 0.3) is 5.91 Å². The van der Waals surface area contributed by atoms with E-state index in [1.165, 1.54) is 109 Å². The van der Waals surface area contributed by atoms with E-state index in [0.717, 1.165) is 13.8 Å². The maximum atomic E-state index is 15.9. The minimum absolute atomic E-state index is 0.0133. The van der Waals surface area contributed by atoms with Crippen molar-refractivity contribution in [3.8, 4) is 0 Å². The molecule has 1 unspecified atom stereocenters. The van der Waals surface area contributed by atoms with Gasteiger partial charge in [0.1, 0.15) is 61.3 Å². The van der Waals surface area contributed by atoms with Crippen LogP contribution in [0.2, 0.25) is 0 Å². The second-order valence-corrected chi connectivity index (χ2v) is 25.5. The molecule has 29 nitrogen and oxygen atoms in total. The normalized spacial score (nSPS) is 24.9. The number of esters is 4. The van der Waals surface area contributed by atoms with Crippen molar-refractivity contribution < 1.29 is 110 Å². The first-order valence-corrected chi connectivity index (χ1v) is 31.9. The third kappa shape index (κ3) is 16.6. The average molecular weight is 1380 g/mol. The third-order valence-corrected chi connectivity index (χ3v) is 18.5. The molecule has 2 saturated carbocycles. The largest absolute Gasteiger partial charge is 0.509 e. The molecule has 1 aliphatic heterocycles. The number of nitrogens with one attached hydrogen (secondary N) is 5. The van der Waals surface area contributed by atoms with Crippen LogP contribution in [0.4, 0.5) is 10.5 Å². The summed E-state index contributed by atoms with van der Waals surface area (Å²) in [6.45, 7) is 9.67. The Morgan fingerprint density at radius 1 is 0.727 bits per heavy atom. The van der Waals surface area contributed by atoms with Gasteiger partial charge >= 0.3 is 30.0 Å². The number of primary amides is 1. The van der Waals surface area contributed by atoms with E-state index in [9.17, 15) is 58.2 Å². The molecular formula is C70H82N6O23. The lowest BCUT2D eigenvalue weighted by Gasteiger charge is -2.67. The summed E-state index contributed by atoms with van der Waals surface area (Å²) in [4.78, 5) is 165. The fourth-order valence-electron chi connectivity index (χ4n) is 13.2. The van der Waals surface area contributed by atoms with Crippen LogP contribution in [0.25, 0.3) is 0 Å². The predicted octanol–water partition coefficient (Wildman–Crippen LogP) is 3.07. The Hall–Kier alpha value is -9.94. The van der Waals surface area contributed by atoms with Crippen LogP contribution in [0.15, 0.2) is 126 Å². The molecule has 4 aliphatic rings. The quantitative estimate of drug-likeness (QED) is 0.0184. The monoisotopic (exact) mass is 1370 g/mol. The Balaban J connectivity index is 1.09. The van der Waals surface area contributed by atoms with Gasteiger partial charge < -0.3 is 85.2 Å². The number of hydrogen-bond donors (Lipinski definition) is 8. The highest BCUT2D eigenvalue weighted by Gasteiger charge is 2.78. The second kappa shape index (κ2) is 31.7. The summed E-state index contributed by atoms with van der Waals surface area (Å²) in [6.07, 6.45) is -13.8. The fraction of sp³-hybridized carbons (Fsp3) is 0.457. The Labute approximate surface area is 569 Å². The molecule has 0 spiro atoms. The highest BCUT2D eigenvalue weighted by atomic mass is 16.7. The first-order chi connectivity index (χ1) is 46.9. The minimum atomic E-state index is -2.58. The molecule has 1 saturated heterocycles. The molecule has 99 heavy (non-hydrogen) atoms. The lowest BCUT2D eigenvalue weighted by Crippen LogP contribution is -2.82. The first-order valence-electron chi connectivity index (χ1n) is 31.9. The Bertz CT molecular complexity index is 3720. The highest BCUT2D eigenvalue weighted by Crippen LogP contribution is 2.64. The zero-order chi connectivity index (χ0) is 72.3. The molecule has 1 heterocycles. The summed E-state index contributed by atoms with van der Waals surface area (Å²) in [5, 5.41) is 39.0. The number of ether oxygens (including phenoxy) is 9. The van der Waals surface area contributed by atoms with Gasteiger partial charge in [-0.1, -0.05) is 92.7 Å². The number of aliphatic hydroxyl groups is 2. The molecule has 4 aromatic rings. The van der Waals surface area contributed by atoms with Gasteiger partial charge in [-0.3, -0.25) is 43.2 Å². The van der Waals surface area contributed by atoms with Crippen molar-refractivity contribution in [2.24, 2.45) is 22.5 Å². The smallest absolute Gasteiger partial charge is 0.455 e. The molecule has 6 amide bonds.